The van der Waals surface area contributed by atoms with E-state index in [1.165, 1.54) is 16.7 Å². The molecule has 4 rings (SSSR count). The molecule has 3 nitrogen and oxygen atoms in total. The predicted octanol–water partition coefficient (Wildman–Crippen LogP) is 6.62. The summed E-state index contributed by atoms with van der Waals surface area (Å²) in [7, 11) is 0. The van der Waals surface area contributed by atoms with Crippen molar-refractivity contribution in [3.05, 3.63) is 100 Å². The minimum absolute atomic E-state index is 0.0142. The van der Waals surface area contributed by atoms with E-state index in [0.29, 0.717) is 10.0 Å². The van der Waals surface area contributed by atoms with Crippen LogP contribution in [0, 0.1) is 6.92 Å². The third kappa shape index (κ3) is 3.60. The summed E-state index contributed by atoms with van der Waals surface area (Å²) in [6, 6.07) is 14.5. The van der Waals surface area contributed by atoms with E-state index in [0.717, 1.165) is 17.7 Å². The molecule has 0 amide bonds. The highest BCUT2D eigenvalue weighted by Crippen LogP contribution is 2.37. The van der Waals surface area contributed by atoms with Crippen LogP contribution >= 0.6 is 23.2 Å². The number of hydrogen-bond donors (Lipinski definition) is 0. The van der Waals surface area contributed by atoms with Crippen molar-refractivity contribution >= 4 is 23.2 Å². The quantitative estimate of drug-likeness (QED) is 0.362. The third-order valence-corrected chi connectivity index (χ3v) is 5.76. The molecular formula is C23H21Cl2N3. The van der Waals surface area contributed by atoms with E-state index in [1.54, 1.807) is 0 Å². The molecule has 0 spiro atoms. The third-order valence-electron chi connectivity index (χ3n) is 5.02. The first-order valence-electron chi connectivity index (χ1n) is 9.26. The van der Waals surface area contributed by atoms with Crippen molar-refractivity contribution in [1.82, 2.24) is 14.1 Å². The van der Waals surface area contributed by atoms with Crippen LogP contribution < -0.4 is 0 Å². The fourth-order valence-electron chi connectivity index (χ4n) is 3.51. The summed E-state index contributed by atoms with van der Waals surface area (Å²) >= 11 is 12.5. The summed E-state index contributed by atoms with van der Waals surface area (Å²) < 4.78 is 4.34. The Morgan fingerprint density at radius 3 is 2.43 bits per heavy atom. The van der Waals surface area contributed by atoms with Crippen LogP contribution in [0.1, 0.15) is 29.7 Å². The SMILES string of the molecule is CCn1cc(-c2ccc(Cl)c(Cl)c2)c(C(c2ccc(C)cc2)n2ccnc2)c1. The van der Waals surface area contributed by atoms with Gasteiger partial charge in [-0.1, -0.05) is 59.1 Å². The summed E-state index contributed by atoms with van der Waals surface area (Å²) in [5.74, 6) is 0. The van der Waals surface area contributed by atoms with Crippen LogP contribution in [0.25, 0.3) is 11.1 Å². The lowest BCUT2D eigenvalue weighted by Crippen LogP contribution is -2.11. The average Bonchev–Trinajstić information content (AvgIpc) is 3.36. The fraction of sp³-hybridized carbons (Fsp3) is 0.174. The highest BCUT2D eigenvalue weighted by molar-refractivity contribution is 6.42. The summed E-state index contributed by atoms with van der Waals surface area (Å²) in [6.45, 7) is 5.13. The molecule has 142 valence electrons. The Morgan fingerprint density at radius 2 is 1.79 bits per heavy atom. The number of imidazole rings is 1. The normalized spacial score (nSPS) is 12.3. The van der Waals surface area contributed by atoms with Gasteiger partial charge in [-0.2, -0.15) is 0 Å². The van der Waals surface area contributed by atoms with E-state index in [-0.39, 0.29) is 6.04 Å². The number of hydrogen-bond acceptors (Lipinski definition) is 1. The van der Waals surface area contributed by atoms with Gasteiger partial charge >= 0.3 is 0 Å². The molecule has 0 saturated carbocycles. The second kappa shape index (κ2) is 7.86. The second-order valence-electron chi connectivity index (χ2n) is 6.91. The lowest BCUT2D eigenvalue weighted by molar-refractivity contribution is 0.671. The van der Waals surface area contributed by atoms with Gasteiger partial charge in [0.15, 0.2) is 0 Å². The molecule has 0 aliphatic carbocycles. The number of aromatic nitrogens is 3. The van der Waals surface area contributed by atoms with Crippen molar-refractivity contribution in [1.29, 1.82) is 0 Å². The number of halogens is 2. The molecule has 0 fully saturated rings. The lowest BCUT2D eigenvalue weighted by atomic mass is 9.94. The van der Waals surface area contributed by atoms with Gasteiger partial charge < -0.3 is 9.13 Å². The van der Waals surface area contributed by atoms with E-state index >= 15 is 0 Å². The zero-order valence-corrected chi connectivity index (χ0v) is 17.3. The summed E-state index contributed by atoms with van der Waals surface area (Å²) in [4.78, 5) is 4.28. The van der Waals surface area contributed by atoms with Crippen LogP contribution in [0.4, 0.5) is 0 Å². The van der Waals surface area contributed by atoms with E-state index in [9.17, 15) is 0 Å². The van der Waals surface area contributed by atoms with Gasteiger partial charge in [0, 0.05) is 42.5 Å². The van der Waals surface area contributed by atoms with Crippen molar-refractivity contribution in [3.8, 4) is 11.1 Å². The molecule has 28 heavy (non-hydrogen) atoms. The highest BCUT2D eigenvalue weighted by atomic mass is 35.5. The zero-order chi connectivity index (χ0) is 19.7. The molecule has 2 aromatic carbocycles. The molecule has 1 unspecified atom stereocenters. The molecule has 5 heteroatoms. The van der Waals surface area contributed by atoms with E-state index in [4.69, 9.17) is 23.2 Å². The maximum absolute atomic E-state index is 6.32. The molecule has 0 N–H and O–H groups in total. The van der Waals surface area contributed by atoms with Gasteiger partial charge in [0.2, 0.25) is 0 Å². The van der Waals surface area contributed by atoms with Crippen LogP contribution in [0.5, 0.6) is 0 Å². The Balaban J connectivity index is 1.92. The molecule has 2 aromatic heterocycles. The number of nitrogens with zero attached hydrogens (tertiary/aromatic N) is 3. The molecule has 0 bridgehead atoms. The Morgan fingerprint density at radius 1 is 1.00 bits per heavy atom. The van der Waals surface area contributed by atoms with Crippen molar-refractivity contribution in [2.45, 2.75) is 26.4 Å². The van der Waals surface area contributed by atoms with Crippen molar-refractivity contribution in [2.75, 3.05) is 0 Å². The van der Waals surface area contributed by atoms with Gasteiger partial charge in [-0.05, 0) is 37.1 Å². The van der Waals surface area contributed by atoms with Gasteiger partial charge in [0.1, 0.15) is 0 Å². The standard InChI is InChI=1S/C23H21Cl2N3/c1-3-27-13-19(18-8-9-21(24)22(25)12-18)20(14-27)23(28-11-10-26-15-28)17-6-4-16(2)5-7-17/h4-15,23H,3H2,1-2H3. The number of rotatable bonds is 5. The molecule has 2 heterocycles. The Bertz CT molecular complexity index is 1080. The zero-order valence-electron chi connectivity index (χ0n) is 15.8. The molecular weight excluding hydrogens is 389 g/mol. The molecule has 0 radical (unpaired) electrons. The highest BCUT2D eigenvalue weighted by Gasteiger charge is 2.22. The van der Waals surface area contributed by atoms with Crippen LogP contribution in [0.15, 0.2) is 73.6 Å². The topological polar surface area (TPSA) is 22.8 Å². The van der Waals surface area contributed by atoms with E-state index in [1.807, 2.05) is 36.9 Å². The smallest absolute Gasteiger partial charge is 0.0954 e. The maximum Gasteiger partial charge on any atom is 0.0954 e. The first kappa shape index (κ1) is 18.9. The summed E-state index contributed by atoms with van der Waals surface area (Å²) in [6.07, 6.45) is 10.1. The van der Waals surface area contributed by atoms with Gasteiger partial charge in [-0.15, -0.1) is 0 Å². The second-order valence-corrected chi connectivity index (χ2v) is 7.72. The van der Waals surface area contributed by atoms with Gasteiger partial charge in [0.05, 0.1) is 22.4 Å². The molecule has 0 aliphatic rings. The first-order valence-corrected chi connectivity index (χ1v) is 10.0. The van der Waals surface area contributed by atoms with E-state index in [2.05, 4.69) is 64.6 Å². The monoisotopic (exact) mass is 409 g/mol. The minimum Gasteiger partial charge on any atom is -0.354 e. The van der Waals surface area contributed by atoms with Gasteiger partial charge in [-0.25, -0.2) is 4.98 Å². The Kier molecular flexibility index (Phi) is 5.29. The van der Waals surface area contributed by atoms with Crippen LogP contribution in [-0.2, 0) is 6.54 Å². The van der Waals surface area contributed by atoms with Crippen molar-refractivity contribution in [2.24, 2.45) is 0 Å². The van der Waals surface area contributed by atoms with Crippen LogP contribution in [-0.4, -0.2) is 14.1 Å². The lowest BCUT2D eigenvalue weighted by Gasteiger charge is -2.20. The number of aryl methyl sites for hydroxylation is 2. The molecule has 0 aliphatic heterocycles. The van der Waals surface area contributed by atoms with Crippen LogP contribution in [0.3, 0.4) is 0 Å². The molecule has 1 atom stereocenters. The average molecular weight is 410 g/mol. The maximum atomic E-state index is 6.32. The molecule has 4 aromatic rings. The summed E-state index contributed by atoms with van der Waals surface area (Å²) in [5.41, 5.74) is 5.83. The Labute approximate surface area is 175 Å². The number of benzene rings is 2. The molecule has 0 saturated heterocycles. The predicted molar refractivity (Wildman–Crippen MR) is 116 cm³/mol. The summed E-state index contributed by atoms with van der Waals surface area (Å²) in [5, 5.41) is 1.12. The fourth-order valence-corrected chi connectivity index (χ4v) is 3.81. The largest absolute Gasteiger partial charge is 0.354 e. The van der Waals surface area contributed by atoms with Crippen molar-refractivity contribution < 1.29 is 0 Å². The van der Waals surface area contributed by atoms with Crippen molar-refractivity contribution in [3.63, 3.8) is 0 Å². The first-order chi connectivity index (χ1) is 13.6. The van der Waals surface area contributed by atoms with E-state index < -0.39 is 0 Å². The van der Waals surface area contributed by atoms with Gasteiger partial charge in [-0.3, -0.25) is 0 Å². The minimum atomic E-state index is 0.0142. The van der Waals surface area contributed by atoms with Crippen LogP contribution in [0.2, 0.25) is 10.0 Å². The van der Waals surface area contributed by atoms with Gasteiger partial charge in [0.25, 0.3) is 0 Å². The Hall–Kier alpha value is -2.49.